The minimum absolute atomic E-state index is 0.0284. The Bertz CT molecular complexity index is 1190. The first-order valence-corrected chi connectivity index (χ1v) is 13.1. The van der Waals surface area contributed by atoms with E-state index >= 15 is 0 Å². The van der Waals surface area contributed by atoms with Crippen molar-refractivity contribution in [1.29, 1.82) is 0 Å². The molecule has 2 atom stereocenters. The molecule has 0 saturated carbocycles. The Morgan fingerprint density at radius 1 is 1.14 bits per heavy atom. The van der Waals surface area contributed by atoms with E-state index in [2.05, 4.69) is 16.3 Å². The summed E-state index contributed by atoms with van der Waals surface area (Å²) in [5, 5.41) is 8.19. The van der Waals surface area contributed by atoms with Crippen molar-refractivity contribution < 1.29 is 19.1 Å². The average molecular weight is 496 g/mol. The number of carbonyl (C=O) groups is 3. The molecular formula is C27H37N5O4. The van der Waals surface area contributed by atoms with E-state index in [0.717, 1.165) is 67.6 Å². The molecule has 0 aliphatic carbocycles. The van der Waals surface area contributed by atoms with E-state index in [1.54, 1.807) is 0 Å². The van der Waals surface area contributed by atoms with Crippen LogP contribution in [0.25, 0.3) is 10.9 Å². The van der Waals surface area contributed by atoms with Gasteiger partial charge in [0.25, 0.3) is 0 Å². The standard InChI is InChI=1S/C27H37N5O4/c1-26(2,3)36-25(35)32-15-7-13-27(17-32)12-6-14-31(16-27)20-9-5-8-18-22(29-30(4)23(18)20)19-10-11-21(33)28-24(19)34/h5,8-9,19H,6-7,10-17H2,1-4H3,(H,28,33,34). The van der Waals surface area contributed by atoms with Crippen molar-refractivity contribution in [3.8, 4) is 0 Å². The van der Waals surface area contributed by atoms with Crippen molar-refractivity contribution in [1.82, 2.24) is 20.0 Å². The van der Waals surface area contributed by atoms with Crippen LogP contribution < -0.4 is 10.2 Å². The van der Waals surface area contributed by atoms with Crippen LogP contribution in [0.4, 0.5) is 10.5 Å². The van der Waals surface area contributed by atoms with E-state index in [0.29, 0.717) is 19.4 Å². The van der Waals surface area contributed by atoms with E-state index in [1.807, 2.05) is 49.5 Å². The molecule has 1 spiro atoms. The molecule has 1 aromatic carbocycles. The van der Waals surface area contributed by atoms with Crippen LogP contribution in [0.15, 0.2) is 18.2 Å². The first-order valence-electron chi connectivity index (χ1n) is 13.1. The lowest BCUT2D eigenvalue weighted by Crippen LogP contribution is -2.54. The van der Waals surface area contributed by atoms with Gasteiger partial charge in [0.2, 0.25) is 11.8 Å². The predicted octanol–water partition coefficient (Wildman–Crippen LogP) is 3.71. The van der Waals surface area contributed by atoms with Crippen LogP contribution in [0.2, 0.25) is 0 Å². The Kier molecular flexibility index (Phi) is 6.21. The molecule has 36 heavy (non-hydrogen) atoms. The summed E-state index contributed by atoms with van der Waals surface area (Å²) < 4.78 is 7.55. The van der Waals surface area contributed by atoms with Gasteiger partial charge in [-0.2, -0.15) is 5.10 Å². The fourth-order valence-electron chi connectivity index (χ4n) is 6.25. The number of aryl methyl sites for hydroxylation is 1. The molecule has 1 aromatic heterocycles. The van der Waals surface area contributed by atoms with Gasteiger partial charge in [-0.3, -0.25) is 19.6 Å². The smallest absolute Gasteiger partial charge is 0.410 e. The number of imide groups is 1. The number of rotatable bonds is 2. The van der Waals surface area contributed by atoms with E-state index < -0.39 is 11.5 Å². The van der Waals surface area contributed by atoms with Gasteiger partial charge in [-0.1, -0.05) is 12.1 Å². The Morgan fingerprint density at radius 2 is 1.89 bits per heavy atom. The number of carbonyl (C=O) groups excluding carboxylic acids is 3. The van der Waals surface area contributed by atoms with Gasteiger partial charge in [-0.25, -0.2) is 4.79 Å². The number of ether oxygens (including phenoxy) is 1. The van der Waals surface area contributed by atoms with Gasteiger partial charge in [0, 0.05) is 50.4 Å². The minimum atomic E-state index is -0.504. The molecule has 0 bridgehead atoms. The number of piperidine rings is 3. The molecule has 0 radical (unpaired) electrons. The molecule has 9 heteroatoms. The van der Waals surface area contributed by atoms with Crippen molar-refractivity contribution in [2.24, 2.45) is 12.5 Å². The summed E-state index contributed by atoms with van der Waals surface area (Å²) in [6.07, 6.45) is 4.79. The molecular weight excluding hydrogens is 458 g/mol. The largest absolute Gasteiger partial charge is 0.444 e. The molecule has 2 unspecified atom stereocenters. The van der Waals surface area contributed by atoms with Crippen molar-refractivity contribution in [3.63, 3.8) is 0 Å². The lowest BCUT2D eigenvalue weighted by Gasteiger charge is -2.49. The van der Waals surface area contributed by atoms with Gasteiger partial charge < -0.3 is 14.5 Å². The number of aromatic nitrogens is 2. The van der Waals surface area contributed by atoms with Crippen molar-refractivity contribution in [2.45, 2.75) is 70.8 Å². The highest BCUT2D eigenvalue weighted by Gasteiger charge is 2.42. The van der Waals surface area contributed by atoms with Crippen LogP contribution in [0, 0.1) is 5.41 Å². The van der Waals surface area contributed by atoms with Crippen LogP contribution in [0.3, 0.4) is 0 Å². The number of benzene rings is 1. The van der Waals surface area contributed by atoms with Crippen molar-refractivity contribution in [3.05, 3.63) is 23.9 Å². The average Bonchev–Trinajstić information content (AvgIpc) is 3.14. The third-order valence-electron chi connectivity index (χ3n) is 7.76. The molecule has 3 aliphatic heterocycles. The van der Waals surface area contributed by atoms with Crippen LogP contribution in [-0.4, -0.2) is 64.4 Å². The Morgan fingerprint density at radius 3 is 2.61 bits per heavy atom. The second kappa shape index (κ2) is 9.09. The number of fused-ring (bicyclic) bond motifs is 1. The summed E-state index contributed by atoms with van der Waals surface area (Å²) in [7, 11) is 1.92. The lowest BCUT2D eigenvalue weighted by atomic mass is 9.73. The van der Waals surface area contributed by atoms with E-state index in [1.165, 1.54) is 0 Å². The fourth-order valence-corrected chi connectivity index (χ4v) is 6.25. The van der Waals surface area contributed by atoms with E-state index in [4.69, 9.17) is 9.84 Å². The Labute approximate surface area is 212 Å². The van der Waals surface area contributed by atoms with Gasteiger partial charge in [0.1, 0.15) is 5.60 Å². The summed E-state index contributed by atoms with van der Waals surface area (Å²) in [5.74, 6) is -0.906. The molecule has 2 aromatic rings. The van der Waals surface area contributed by atoms with Crippen LogP contribution in [-0.2, 0) is 21.4 Å². The van der Waals surface area contributed by atoms with Gasteiger partial charge >= 0.3 is 6.09 Å². The highest BCUT2D eigenvalue weighted by Crippen LogP contribution is 2.42. The molecule has 5 rings (SSSR count). The van der Waals surface area contributed by atoms with Gasteiger partial charge in [-0.15, -0.1) is 0 Å². The van der Waals surface area contributed by atoms with Crippen LogP contribution >= 0.6 is 0 Å². The van der Waals surface area contributed by atoms with E-state index in [-0.39, 0.29) is 23.3 Å². The van der Waals surface area contributed by atoms with E-state index in [9.17, 15) is 14.4 Å². The number of hydrogen-bond acceptors (Lipinski definition) is 6. The zero-order valence-corrected chi connectivity index (χ0v) is 21.8. The highest BCUT2D eigenvalue weighted by atomic mass is 16.6. The maximum atomic E-state index is 12.8. The van der Waals surface area contributed by atoms with Crippen LogP contribution in [0.1, 0.15) is 70.9 Å². The molecule has 9 nitrogen and oxygen atoms in total. The number of amides is 3. The summed E-state index contributed by atoms with van der Waals surface area (Å²) >= 11 is 0. The third kappa shape index (κ3) is 4.67. The maximum Gasteiger partial charge on any atom is 0.410 e. The molecule has 3 saturated heterocycles. The van der Waals surface area contributed by atoms with Gasteiger partial charge in [0.15, 0.2) is 0 Å². The summed E-state index contributed by atoms with van der Waals surface area (Å²) in [6, 6.07) is 6.19. The number of nitrogens with zero attached hydrogens (tertiary/aromatic N) is 4. The Hall–Kier alpha value is -3.10. The van der Waals surface area contributed by atoms with Crippen molar-refractivity contribution >= 4 is 34.5 Å². The monoisotopic (exact) mass is 495 g/mol. The fraction of sp³-hybridized carbons (Fsp3) is 0.630. The second-order valence-electron chi connectivity index (χ2n) is 11.7. The normalized spacial score (nSPS) is 25.4. The van der Waals surface area contributed by atoms with Gasteiger partial charge in [-0.05, 0) is 58.9 Å². The maximum absolute atomic E-state index is 12.8. The molecule has 3 fully saturated rings. The first kappa shape index (κ1) is 24.6. The third-order valence-corrected chi connectivity index (χ3v) is 7.76. The number of para-hydroxylation sites is 1. The molecule has 1 N–H and O–H groups in total. The number of anilines is 1. The lowest BCUT2D eigenvalue weighted by molar-refractivity contribution is -0.134. The second-order valence-corrected chi connectivity index (χ2v) is 11.7. The molecule has 3 amide bonds. The topological polar surface area (TPSA) is 96.8 Å². The quantitative estimate of drug-likeness (QED) is 0.638. The molecule has 3 aliphatic rings. The van der Waals surface area contributed by atoms with Crippen molar-refractivity contribution in [2.75, 3.05) is 31.1 Å². The molecule has 4 heterocycles. The SMILES string of the molecule is Cn1nc(C2CCC(=O)NC2=O)c2cccc(N3CCCC4(CCCN(C(=O)OC(C)(C)C)C4)C3)c21. The summed E-state index contributed by atoms with van der Waals surface area (Å²) in [5.41, 5.74) is 2.37. The highest BCUT2D eigenvalue weighted by molar-refractivity contribution is 6.03. The number of hydrogen-bond donors (Lipinski definition) is 1. The summed E-state index contributed by atoms with van der Waals surface area (Å²) in [6.45, 7) is 8.97. The minimum Gasteiger partial charge on any atom is -0.444 e. The first-order chi connectivity index (χ1) is 17.1. The Balaban J connectivity index is 1.42. The molecule has 194 valence electrons. The predicted molar refractivity (Wildman–Crippen MR) is 137 cm³/mol. The van der Waals surface area contributed by atoms with Crippen LogP contribution in [0.5, 0.6) is 0 Å². The zero-order valence-electron chi connectivity index (χ0n) is 21.8. The van der Waals surface area contributed by atoms with Gasteiger partial charge in [0.05, 0.1) is 22.8 Å². The summed E-state index contributed by atoms with van der Waals surface area (Å²) in [4.78, 5) is 41.4. The zero-order chi connectivity index (χ0) is 25.7. The number of nitrogens with one attached hydrogen (secondary N) is 1. The number of likely N-dealkylation sites (tertiary alicyclic amines) is 1.